The second-order valence-electron chi connectivity index (χ2n) is 5.05. The van der Waals surface area contributed by atoms with Gasteiger partial charge in [-0.1, -0.05) is 35.5 Å². The summed E-state index contributed by atoms with van der Waals surface area (Å²) in [5.74, 6) is 0.578. The summed E-state index contributed by atoms with van der Waals surface area (Å²) in [4.78, 5) is 27.5. The number of carbonyl (C=O) groups is 1. The maximum Gasteiger partial charge on any atom is 0.320 e. The van der Waals surface area contributed by atoms with Gasteiger partial charge in [-0.3, -0.25) is 10.1 Å². The molecule has 0 bridgehead atoms. The molecule has 2 heterocycles. The third-order valence-corrected chi connectivity index (χ3v) is 3.30. The van der Waals surface area contributed by atoms with E-state index in [1.54, 1.807) is 13.1 Å². The highest BCUT2D eigenvalue weighted by Gasteiger charge is 2.10. The maximum absolute atomic E-state index is 11.9. The Bertz CT molecular complexity index is 901. The lowest BCUT2D eigenvalue weighted by Crippen LogP contribution is -2.32. The highest BCUT2D eigenvalue weighted by molar-refractivity contribution is 5.87. The van der Waals surface area contributed by atoms with E-state index in [1.807, 2.05) is 30.3 Å². The number of hydrogen-bond acceptors (Lipinski definition) is 5. The van der Waals surface area contributed by atoms with Crippen LogP contribution in [-0.2, 0) is 13.6 Å². The molecule has 0 fully saturated rings. The van der Waals surface area contributed by atoms with Crippen molar-refractivity contribution in [1.82, 2.24) is 20.0 Å². The predicted octanol–water partition coefficient (Wildman–Crippen LogP) is 1.76. The molecule has 0 aliphatic heterocycles. The lowest BCUT2D eigenvalue weighted by molar-refractivity contribution is 0.251. The van der Waals surface area contributed by atoms with Crippen LogP contribution in [0.15, 0.2) is 58.1 Å². The maximum atomic E-state index is 11.9. The number of amides is 2. The van der Waals surface area contributed by atoms with Crippen LogP contribution in [0.4, 0.5) is 10.6 Å². The van der Waals surface area contributed by atoms with Gasteiger partial charge >= 0.3 is 6.03 Å². The second-order valence-corrected chi connectivity index (χ2v) is 5.05. The van der Waals surface area contributed by atoms with Crippen molar-refractivity contribution < 1.29 is 9.32 Å². The van der Waals surface area contributed by atoms with Gasteiger partial charge < -0.3 is 14.4 Å². The molecule has 3 rings (SSSR count). The van der Waals surface area contributed by atoms with Crippen molar-refractivity contribution in [1.29, 1.82) is 0 Å². The Balaban J connectivity index is 1.60. The molecule has 24 heavy (non-hydrogen) atoms. The van der Waals surface area contributed by atoms with Gasteiger partial charge in [0.2, 0.25) is 5.82 Å². The molecule has 0 radical (unpaired) electrons. The minimum Gasteiger partial charge on any atom is -0.356 e. The minimum absolute atomic E-state index is 0.0392. The Kier molecular flexibility index (Phi) is 4.37. The summed E-state index contributed by atoms with van der Waals surface area (Å²) in [6.45, 7) is 0.162. The van der Waals surface area contributed by atoms with Gasteiger partial charge in [-0.05, 0) is 0 Å². The largest absolute Gasteiger partial charge is 0.356 e. The van der Waals surface area contributed by atoms with Crippen LogP contribution in [0, 0.1) is 0 Å². The molecule has 0 atom stereocenters. The summed E-state index contributed by atoms with van der Waals surface area (Å²) < 4.78 is 6.57. The molecule has 0 saturated carbocycles. The molecular weight excluding hydrogens is 310 g/mol. The fourth-order valence-electron chi connectivity index (χ4n) is 2.04. The van der Waals surface area contributed by atoms with E-state index in [9.17, 15) is 9.59 Å². The molecule has 0 aliphatic carbocycles. The van der Waals surface area contributed by atoms with E-state index in [0.717, 1.165) is 5.56 Å². The van der Waals surface area contributed by atoms with E-state index in [2.05, 4.69) is 20.8 Å². The number of anilines is 1. The van der Waals surface area contributed by atoms with Crippen LogP contribution in [0.5, 0.6) is 0 Å². The summed E-state index contributed by atoms with van der Waals surface area (Å²) in [5.41, 5.74) is 1.08. The molecule has 2 aromatic heterocycles. The van der Waals surface area contributed by atoms with Crippen LogP contribution < -0.4 is 16.2 Å². The molecule has 0 aliphatic rings. The monoisotopic (exact) mass is 325 g/mol. The SMILES string of the molecule is Cn1ccnc(NC(=O)NCc2cc(-c3ccccc3)on2)c1=O. The third kappa shape index (κ3) is 3.49. The number of hydrogen-bond donors (Lipinski definition) is 2. The molecule has 0 spiro atoms. The molecule has 0 saturated heterocycles. The number of carbonyl (C=O) groups excluding carboxylic acids is 1. The molecular formula is C16H15N5O3. The zero-order chi connectivity index (χ0) is 16.9. The molecule has 8 heteroatoms. The Morgan fingerprint density at radius 1 is 1.29 bits per heavy atom. The van der Waals surface area contributed by atoms with Crippen LogP contribution in [0.25, 0.3) is 11.3 Å². The van der Waals surface area contributed by atoms with E-state index < -0.39 is 6.03 Å². The number of aromatic nitrogens is 3. The second kappa shape index (κ2) is 6.78. The quantitative estimate of drug-likeness (QED) is 0.761. The van der Waals surface area contributed by atoms with Crippen molar-refractivity contribution in [2.24, 2.45) is 7.05 Å². The van der Waals surface area contributed by atoms with Crippen molar-refractivity contribution in [2.45, 2.75) is 6.54 Å². The summed E-state index contributed by atoms with van der Waals surface area (Å²) in [5, 5.41) is 8.91. The van der Waals surface area contributed by atoms with Gasteiger partial charge in [0.25, 0.3) is 5.56 Å². The molecule has 2 amide bonds. The molecule has 2 N–H and O–H groups in total. The van der Waals surface area contributed by atoms with Gasteiger partial charge in [-0.25, -0.2) is 9.78 Å². The van der Waals surface area contributed by atoms with Crippen molar-refractivity contribution >= 4 is 11.8 Å². The van der Waals surface area contributed by atoms with Crippen LogP contribution in [-0.4, -0.2) is 20.7 Å². The van der Waals surface area contributed by atoms with Crippen LogP contribution in [0.2, 0.25) is 0 Å². The van der Waals surface area contributed by atoms with E-state index in [-0.39, 0.29) is 17.9 Å². The van der Waals surface area contributed by atoms with E-state index in [0.29, 0.717) is 11.5 Å². The lowest BCUT2D eigenvalue weighted by Gasteiger charge is -2.05. The average molecular weight is 325 g/mol. The predicted molar refractivity (Wildman–Crippen MR) is 87.3 cm³/mol. The lowest BCUT2D eigenvalue weighted by atomic mass is 10.2. The highest BCUT2D eigenvalue weighted by Crippen LogP contribution is 2.19. The van der Waals surface area contributed by atoms with Gasteiger partial charge in [-0.15, -0.1) is 0 Å². The highest BCUT2D eigenvalue weighted by atomic mass is 16.5. The number of benzene rings is 1. The van der Waals surface area contributed by atoms with Gasteiger partial charge in [-0.2, -0.15) is 0 Å². The number of rotatable bonds is 4. The van der Waals surface area contributed by atoms with Gasteiger partial charge in [0, 0.05) is 31.1 Å². The Labute approximate surface area is 137 Å². The number of nitrogens with one attached hydrogen (secondary N) is 2. The molecule has 3 aromatic rings. The van der Waals surface area contributed by atoms with Crippen molar-refractivity contribution in [2.75, 3.05) is 5.32 Å². The molecule has 122 valence electrons. The van der Waals surface area contributed by atoms with E-state index in [1.165, 1.54) is 17.0 Å². The summed E-state index contributed by atoms with van der Waals surface area (Å²) >= 11 is 0. The Morgan fingerprint density at radius 2 is 2.08 bits per heavy atom. The molecule has 8 nitrogen and oxygen atoms in total. The van der Waals surface area contributed by atoms with Crippen LogP contribution in [0.1, 0.15) is 5.69 Å². The summed E-state index contributed by atoms with van der Waals surface area (Å²) in [6, 6.07) is 10.7. The smallest absolute Gasteiger partial charge is 0.320 e. The van der Waals surface area contributed by atoms with Crippen molar-refractivity contribution in [3.8, 4) is 11.3 Å². The minimum atomic E-state index is -0.546. The fourth-order valence-corrected chi connectivity index (χ4v) is 2.04. The number of nitrogens with zero attached hydrogens (tertiary/aromatic N) is 3. The number of aryl methyl sites for hydroxylation is 1. The average Bonchev–Trinajstić information content (AvgIpc) is 3.07. The van der Waals surface area contributed by atoms with Crippen LogP contribution in [0.3, 0.4) is 0 Å². The normalized spacial score (nSPS) is 10.4. The van der Waals surface area contributed by atoms with Crippen molar-refractivity contribution in [3.63, 3.8) is 0 Å². The topological polar surface area (TPSA) is 102 Å². The Hall–Kier alpha value is -3.42. The first kappa shape index (κ1) is 15.5. The van der Waals surface area contributed by atoms with Gasteiger partial charge in [0.05, 0.1) is 6.54 Å². The first-order valence-electron chi connectivity index (χ1n) is 7.21. The zero-order valence-electron chi connectivity index (χ0n) is 12.9. The standard InChI is InChI=1S/C16H15N5O3/c1-21-8-7-17-14(15(21)22)19-16(23)18-10-12-9-13(24-20-12)11-5-3-2-4-6-11/h2-9H,10H2,1H3,(H2,17,18,19,23). The van der Waals surface area contributed by atoms with E-state index >= 15 is 0 Å². The first-order valence-corrected chi connectivity index (χ1v) is 7.21. The van der Waals surface area contributed by atoms with Gasteiger partial charge in [0.15, 0.2) is 5.76 Å². The third-order valence-electron chi connectivity index (χ3n) is 3.30. The van der Waals surface area contributed by atoms with E-state index in [4.69, 9.17) is 4.52 Å². The fraction of sp³-hybridized carbons (Fsp3) is 0.125. The summed E-state index contributed by atoms with van der Waals surface area (Å²) in [7, 11) is 1.58. The molecule has 1 aromatic carbocycles. The molecule has 0 unspecified atom stereocenters. The Morgan fingerprint density at radius 3 is 2.88 bits per heavy atom. The zero-order valence-corrected chi connectivity index (χ0v) is 12.9. The van der Waals surface area contributed by atoms with Gasteiger partial charge in [0.1, 0.15) is 5.69 Å². The first-order chi connectivity index (χ1) is 11.6. The number of urea groups is 1. The van der Waals surface area contributed by atoms with Crippen molar-refractivity contribution in [3.05, 3.63) is 64.8 Å². The summed E-state index contributed by atoms with van der Waals surface area (Å²) in [6.07, 6.45) is 2.94. The van der Waals surface area contributed by atoms with Crippen LogP contribution >= 0.6 is 0 Å².